The number of hydrogen-bond donors (Lipinski definition) is 2. The summed E-state index contributed by atoms with van der Waals surface area (Å²) in [5, 5.41) is 0. The van der Waals surface area contributed by atoms with Crippen LogP contribution in [0.1, 0.15) is 50.5 Å². The summed E-state index contributed by atoms with van der Waals surface area (Å²) in [6, 6.07) is 13.8. The number of hydrogen-bond acceptors (Lipinski definition) is 6. The molecule has 0 saturated carbocycles. The molecule has 7 rings (SSSR count). The summed E-state index contributed by atoms with van der Waals surface area (Å²) in [4.78, 5) is 27.9. The molecule has 3 aromatic heterocycles. The van der Waals surface area contributed by atoms with Crippen molar-refractivity contribution in [3.05, 3.63) is 59.2 Å². The van der Waals surface area contributed by atoms with Crippen molar-refractivity contribution >= 4 is 33.4 Å². The monoisotopic (exact) mass is 566 g/mol. The molecule has 0 radical (unpaired) electrons. The molecule has 2 N–H and O–H groups in total. The molecule has 0 spiro atoms. The third-order valence-corrected chi connectivity index (χ3v) is 9.75. The van der Waals surface area contributed by atoms with Crippen LogP contribution in [-0.2, 0) is 23.7 Å². The summed E-state index contributed by atoms with van der Waals surface area (Å²) in [5.41, 5.74) is 11.5. The van der Waals surface area contributed by atoms with E-state index >= 15 is 0 Å². The van der Waals surface area contributed by atoms with Crippen LogP contribution >= 0.6 is 0 Å². The molecule has 0 unspecified atom stereocenters. The Bertz CT molecular complexity index is 1520. The molecule has 0 atom stereocenters. The van der Waals surface area contributed by atoms with Gasteiger partial charge >= 0.3 is 0 Å². The fourth-order valence-electron chi connectivity index (χ4n) is 6.98. The molecule has 0 aliphatic carbocycles. The average molecular weight is 567 g/mol. The standard InChI is InChI=1S/C34H46N8/c1-33(2)21-25-15-27-30(42-13-9-40(6)10-14-42)18-24(36-27)20-32-34(3,4)22-26(38-32)16-28-29(41-11-7-39(5)8-12-41)17-23(35-28)19-31(33)37-25/h15-20,35-36H,7-14,21-22H2,1-6H3. The van der Waals surface area contributed by atoms with Gasteiger partial charge in [0.25, 0.3) is 0 Å². The van der Waals surface area contributed by atoms with Crippen molar-refractivity contribution in [1.82, 2.24) is 29.7 Å². The minimum atomic E-state index is -0.0403. The van der Waals surface area contributed by atoms with E-state index in [4.69, 9.17) is 9.97 Å². The van der Waals surface area contributed by atoms with Gasteiger partial charge < -0.3 is 29.6 Å². The number of fused-ring (bicyclic) bond motifs is 8. The van der Waals surface area contributed by atoms with Crippen LogP contribution < -0.4 is 9.80 Å². The molecule has 42 heavy (non-hydrogen) atoms. The first-order valence-corrected chi connectivity index (χ1v) is 15.6. The van der Waals surface area contributed by atoms with Gasteiger partial charge in [-0.3, -0.25) is 9.97 Å². The fraction of sp³-hybridized carbons (Fsp3) is 0.529. The van der Waals surface area contributed by atoms with Crippen LogP contribution in [0.25, 0.3) is 22.1 Å². The Morgan fingerprint density at radius 3 is 1.31 bits per heavy atom. The maximum Gasteiger partial charge on any atom is 0.0641 e. The molecule has 2 saturated heterocycles. The topological polar surface area (TPSA) is 70.3 Å². The number of aromatic amines is 2. The first-order chi connectivity index (χ1) is 20.0. The largest absolute Gasteiger partial charge is 0.367 e. The SMILES string of the molecule is CN1CCN(c2cc3cc4nc(cc5[nH]c(cc6nc(cc2[nH]3)CC6(C)C)cc5N2CCN(C)CC2)CC4(C)C)CC1. The van der Waals surface area contributed by atoms with E-state index in [1.165, 1.54) is 11.4 Å². The van der Waals surface area contributed by atoms with E-state index in [0.717, 1.165) is 110 Å². The second-order valence-corrected chi connectivity index (χ2v) is 14.3. The zero-order valence-corrected chi connectivity index (χ0v) is 26.2. The number of anilines is 2. The number of likely N-dealkylation sites (N-methyl/N-ethyl adjacent to an activating group) is 2. The lowest BCUT2D eigenvalue weighted by Crippen LogP contribution is -2.44. The van der Waals surface area contributed by atoms with Gasteiger partial charge in [-0.05, 0) is 50.5 Å². The van der Waals surface area contributed by atoms with E-state index in [-0.39, 0.29) is 10.8 Å². The normalized spacial score (nSPS) is 21.2. The van der Waals surface area contributed by atoms with Crippen LogP contribution in [0.15, 0.2) is 36.4 Å². The smallest absolute Gasteiger partial charge is 0.0641 e. The summed E-state index contributed by atoms with van der Waals surface area (Å²) in [5.74, 6) is 0. The molecule has 8 heteroatoms. The third-order valence-electron chi connectivity index (χ3n) is 9.75. The van der Waals surface area contributed by atoms with E-state index in [1.54, 1.807) is 0 Å². The minimum absolute atomic E-state index is 0.0403. The van der Waals surface area contributed by atoms with E-state index in [2.05, 4.69) is 108 Å². The zero-order chi connectivity index (χ0) is 29.2. The molecular formula is C34H46N8. The third kappa shape index (κ3) is 5.20. The molecule has 0 amide bonds. The summed E-state index contributed by atoms with van der Waals surface area (Å²) < 4.78 is 0. The molecule has 4 aliphatic rings. The number of nitrogens with zero attached hydrogens (tertiary/aromatic N) is 6. The fourth-order valence-corrected chi connectivity index (χ4v) is 6.98. The van der Waals surface area contributed by atoms with Crippen molar-refractivity contribution in [3.8, 4) is 0 Å². The lowest BCUT2D eigenvalue weighted by Gasteiger charge is -2.33. The van der Waals surface area contributed by atoms with Crippen LogP contribution in [0.4, 0.5) is 11.4 Å². The summed E-state index contributed by atoms with van der Waals surface area (Å²) >= 11 is 0. The van der Waals surface area contributed by atoms with Crippen molar-refractivity contribution in [2.75, 3.05) is 76.3 Å². The van der Waals surface area contributed by atoms with E-state index in [1.807, 2.05) is 0 Å². The average Bonchev–Trinajstić information content (AvgIpc) is 3.65. The van der Waals surface area contributed by atoms with Gasteiger partial charge in [0.2, 0.25) is 0 Å². The number of nitrogens with one attached hydrogen (secondary N) is 2. The van der Waals surface area contributed by atoms with Gasteiger partial charge in [-0.25, -0.2) is 0 Å². The first-order valence-electron chi connectivity index (χ1n) is 15.6. The lowest BCUT2D eigenvalue weighted by molar-refractivity contribution is 0.313. The highest BCUT2D eigenvalue weighted by Crippen LogP contribution is 2.36. The Morgan fingerprint density at radius 2 is 0.929 bits per heavy atom. The Balaban J connectivity index is 1.46. The molecule has 8 nitrogen and oxygen atoms in total. The zero-order valence-electron chi connectivity index (χ0n) is 26.2. The van der Waals surface area contributed by atoms with Crippen LogP contribution in [0.3, 0.4) is 0 Å². The van der Waals surface area contributed by atoms with Gasteiger partial charge in [0.1, 0.15) is 0 Å². The predicted octanol–water partition coefficient (Wildman–Crippen LogP) is 4.86. The van der Waals surface area contributed by atoms with Gasteiger partial charge in [0, 0.05) is 110 Å². The molecular weight excluding hydrogens is 520 g/mol. The molecule has 8 bridgehead atoms. The highest BCUT2D eigenvalue weighted by atomic mass is 15.3. The molecule has 222 valence electrons. The van der Waals surface area contributed by atoms with E-state index < -0.39 is 0 Å². The first kappa shape index (κ1) is 27.5. The summed E-state index contributed by atoms with van der Waals surface area (Å²) in [7, 11) is 4.42. The highest BCUT2D eigenvalue weighted by Gasteiger charge is 2.31. The van der Waals surface area contributed by atoms with Crippen molar-refractivity contribution in [2.24, 2.45) is 0 Å². The van der Waals surface area contributed by atoms with Gasteiger partial charge in [0.15, 0.2) is 0 Å². The molecule has 3 aromatic rings. The maximum absolute atomic E-state index is 5.24. The predicted molar refractivity (Wildman–Crippen MR) is 174 cm³/mol. The molecule has 2 fully saturated rings. The van der Waals surface area contributed by atoms with E-state index in [9.17, 15) is 0 Å². The Morgan fingerprint density at radius 1 is 0.548 bits per heavy atom. The van der Waals surface area contributed by atoms with Crippen LogP contribution in [0.2, 0.25) is 0 Å². The Hall–Kier alpha value is -3.36. The quantitative estimate of drug-likeness (QED) is 0.462. The van der Waals surface area contributed by atoms with Crippen molar-refractivity contribution in [2.45, 2.75) is 51.4 Å². The number of H-pyrrole nitrogens is 2. The second-order valence-electron chi connectivity index (χ2n) is 14.3. The van der Waals surface area contributed by atoms with Gasteiger partial charge in [0.05, 0.1) is 22.4 Å². The van der Waals surface area contributed by atoms with Crippen molar-refractivity contribution < 1.29 is 0 Å². The summed E-state index contributed by atoms with van der Waals surface area (Å²) in [6.07, 6.45) is 1.84. The van der Waals surface area contributed by atoms with Crippen LogP contribution in [0, 0.1) is 0 Å². The highest BCUT2D eigenvalue weighted by molar-refractivity contribution is 5.82. The van der Waals surface area contributed by atoms with Gasteiger partial charge in [-0.2, -0.15) is 0 Å². The minimum Gasteiger partial charge on any atom is -0.367 e. The molecule has 4 aliphatic heterocycles. The van der Waals surface area contributed by atoms with Gasteiger partial charge in [-0.15, -0.1) is 0 Å². The Kier molecular flexibility index (Phi) is 6.62. The molecule has 0 aromatic carbocycles. The van der Waals surface area contributed by atoms with Crippen molar-refractivity contribution in [3.63, 3.8) is 0 Å². The van der Waals surface area contributed by atoms with Crippen LogP contribution in [-0.4, -0.2) is 96.2 Å². The lowest BCUT2D eigenvalue weighted by atomic mass is 9.87. The number of piperazine rings is 2. The van der Waals surface area contributed by atoms with Gasteiger partial charge in [-0.1, -0.05) is 27.7 Å². The summed E-state index contributed by atoms with van der Waals surface area (Å²) in [6.45, 7) is 17.7. The molecule has 7 heterocycles. The van der Waals surface area contributed by atoms with Crippen LogP contribution in [0.5, 0.6) is 0 Å². The number of aromatic nitrogens is 4. The second kappa shape index (κ2) is 10.1. The van der Waals surface area contributed by atoms with Crippen molar-refractivity contribution in [1.29, 1.82) is 0 Å². The number of rotatable bonds is 2. The Labute approximate surface area is 249 Å². The van der Waals surface area contributed by atoms with E-state index in [0.29, 0.717) is 0 Å². The maximum atomic E-state index is 5.24.